The molecule has 0 aliphatic heterocycles. The Hall–Kier alpha value is -2.83. The van der Waals surface area contributed by atoms with Crippen molar-refractivity contribution in [2.24, 2.45) is 0 Å². The highest BCUT2D eigenvalue weighted by Gasteiger charge is 2.30. The minimum absolute atomic E-state index is 0.00748. The Bertz CT molecular complexity index is 661. The van der Waals surface area contributed by atoms with Crippen LogP contribution in [0.3, 0.4) is 0 Å². The largest absolute Gasteiger partial charge is 0.572 e. The van der Waals surface area contributed by atoms with E-state index in [9.17, 15) is 22.8 Å². The van der Waals surface area contributed by atoms with Crippen molar-refractivity contribution < 1.29 is 27.5 Å². The molecule has 0 bridgehead atoms. The number of Topliss-reactive ketones (excluding diaryl/α,β-unsaturated/α-hetero) is 1. The molecule has 1 aromatic rings. The number of hydrogen-bond donors (Lipinski definition) is 1. The third-order valence-electron chi connectivity index (χ3n) is 2.70. The zero-order valence-electron chi connectivity index (χ0n) is 12.9. The fraction of sp³-hybridized carbons (Fsp3) is 0.176. The second-order valence-electron chi connectivity index (χ2n) is 4.68. The molecule has 1 amide bonds. The van der Waals surface area contributed by atoms with Gasteiger partial charge in [-0.1, -0.05) is 43.0 Å². The van der Waals surface area contributed by atoms with Crippen LogP contribution in [-0.4, -0.2) is 24.6 Å². The molecule has 0 aliphatic carbocycles. The van der Waals surface area contributed by atoms with Crippen LogP contribution < -0.4 is 5.32 Å². The number of ketones is 1. The predicted octanol–water partition coefficient (Wildman–Crippen LogP) is 3.54. The number of halogens is 3. The van der Waals surface area contributed by atoms with E-state index in [1.54, 1.807) is 30.3 Å². The summed E-state index contributed by atoms with van der Waals surface area (Å²) < 4.78 is 39.4. The van der Waals surface area contributed by atoms with Crippen molar-refractivity contribution in [1.82, 2.24) is 5.32 Å². The van der Waals surface area contributed by atoms with Gasteiger partial charge in [-0.15, -0.1) is 13.2 Å². The fourth-order valence-electron chi connectivity index (χ4n) is 1.59. The van der Waals surface area contributed by atoms with Gasteiger partial charge in [0.25, 0.3) is 5.91 Å². The average molecular weight is 339 g/mol. The summed E-state index contributed by atoms with van der Waals surface area (Å²) in [5.74, 6) is -1.25. The van der Waals surface area contributed by atoms with Gasteiger partial charge in [0.15, 0.2) is 5.78 Å². The maximum atomic E-state index is 11.9. The summed E-state index contributed by atoms with van der Waals surface area (Å²) in [4.78, 5) is 23.6. The second-order valence-corrected chi connectivity index (χ2v) is 4.68. The highest BCUT2D eigenvalue weighted by molar-refractivity contribution is 6.02. The van der Waals surface area contributed by atoms with Crippen LogP contribution in [-0.2, 0) is 9.53 Å². The molecule has 128 valence electrons. The summed E-state index contributed by atoms with van der Waals surface area (Å²) in [7, 11) is 0. The number of benzene rings is 1. The zero-order chi connectivity index (χ0) is 18.2. The molecule has 4 nitrogen and oxygen atoms in total. The average Bonchev–Trinajstić information content (AvgIpc) is 2.51. The summed E-state index contributed by atoms with van der Waals surface area (Å²) in [5, 5.41) is 2.39. The van der Waals surface area contributed by atoms with E-state index in [0.29, 0.717) is 5.56 Å². The van der Waals surface area contributed by atoms with E-state index in [2.05, 4.69) is 16.6 Å². The van der Waals surface area contributed by atoms with E-state index >= 15 is 0 Å². The molecule has 1 aromatic carbocycles. The van der Waals surface area contributed by atoms with Crippen LogP contribution in [0.5, 0.6) is 0 Å². The van der Waals surface area contributed by atoms with E-state index in [1.165, 1.54) is 12.2 Å². The molecule has 0 radical (unpaired) electrons. The van der Waals surface area contributed by atoms with Crippen molar-refractivity contribution in [1.29, 1.82) is 0 Å². The maximum Gasteiger partial charge on any atom is 0.572 e. The Morgan fingerprint density at radius 2 is 1.88 bits per heavy atom. The second kappa shape index (κ2) is 8.71. The van der Waals surface area contributed by atoms with Gasteiger partial charge in [-0.2, -0.15) is 0 Å². The van der Waals surface area contributed by atoms with Crippen molar-refractivity contribution in [2.75, 3.05) is 6.54 Å². The normalized spacial score (nSPS) is 12.1. The van der Waals surface area contributed by atoms with Gasteiger partial charge >= 0.3 is 6.36 Å². The molecule has 0 saturated heterocycles. The van der Waals surface area contributed by atoms with E-state index < -0.39 is 12.3 Å². The summed E-state index contributed by atoms with van der Waals surface area (Å²) in [6, 6.07) is 8.41. The Morgan fingerprint density at radius 1 is 1.25 bits per heavy atom. The molecule has 0 unspecified atom stereocenters. The summed E-state index contributed by atoms with van der Waals surface area (Å²) in [6.07, 6.45) is -1.31. The number of amides is 1. The van der Waals surface area contributed by atoms with Gasteiger partial charge in [0.1, 0.15) is 5.76 Å². The van der Waals surface area contributed by atoms with Crippen LogP contribution in [0.15, 0.2) is 66.5 Å². The van der Waals surface area contributed by atoms with Crippen molar-refractivity contribution in [3.05, 3.63) is 72.0 Å². The number of alkyl halides is 3. The number of carbonyl (C=O) groups is 2. The van der Waals surface area contributed by atoms with Gasteiger partial charge in [-0.3, -0.25) is 9.59 Å². The topological polar surface area (TPSA) is 55.4 Å². The third-order valence-corrected chi connectivity index (χ3v) is 2.70. The van der Waals surface area contributed by atoms with Gasteiger partial charge in [0, 0.05) is 11.1 Å². The number of nitrogens with one attached hydrogen (secondary N) is 1. The lowest BCUT2D eigenvalue weighted by molar-refractivity contribution is -0.305. The number of rotatable bonds is 7. The van der Waals surface area contributed by atoms with Gasteiger partial charge in [0.05, 0.1) is 6.54 Å². The lowest BCUT2D eigenvalue weighted by atomic mass is 10.1. The van der Waals surface area contributed by atoms with Crippen LogP contribution in [0.1, 0.15) is 17.3 Å². The van der Waals surface area contributed by atoms with E-state index in [4.69, 9.17) is 0 Å². The van der Waals surface area contributed by atoms with E-state index in [-0.39, 0.29) is 23.7 Å². The quantitative estimate of drug-likeness (QED) is 0.358. The monoisotopic (exact) mass is 339 g/mol. The Balaban J connectivity index is 2.48. The summed E-state index contributed by atoms with van der Waals surface area (Å²) in [5.41, 5.74) is 0.453. The number of hydrogen-bond acceptors (Lipinski definition) is 3. The molecule has 0 fully saturated rings. The molecule has 7 heteroatoms. The SMILES string of the molecule is C=C(/C=C\C=C(/C)OC(F)(F)F)C(=O)NCC(=O)c1ccccc1. The first-order valence-electron chi connectivity index (χ1n) is 6.85. The third kappa shape index (κ3) is 7.44. The molecule has 1 N–H and O–H groups in total. The van der Waals surface area contributed by atoms with Crippen LogP contribution in [0.25, 0.3) is 0 Å². The molecule has 24 heavy (non-hydrogen) atoms. The molecule has 0 saturated carbocycles. The Morgan fingerprint density at radius 3 is 2.46 bits per heavy atom. The van der Waals surface area contributed by atoms with Gasteiger partial charge < -0.3 is 10.1 Å². The standard InChI is InChI=1S/C17H16F3NO3/c1-12(7-6-8-13(2)24-17(18,19)20)16(23)21-11-15(22)14-9-4-3-5-10-14/h3-10H,1,11H2,2H3,(H,21,23)/b7-6-,13-8+. The highest BCUT2D eigenvalue weighted by Crippen LogP contribution is 2.20. The predicted molar refractivity (Wildman–Crippen MR) is 83.0 cm³/mol. The van der Waals surface area contributed by atoms with Gasteiger partial charge in [0.2, 0.25) is 0 Å². The highest BCUT2D eigenvalue weighted by atomic mass is 19.4. The molecule has 0 atom stereocenters. The molecule has 1 rings (SSSR count). The van der Waals surface area contributed by atoms with E-state index in [1.807, 2.05) is 0 Å². The summed E-state index contributed by atoms with van der Waals surface area (Å²) >= 11 is 0. The van der Waals surface area contributed by atoms with Crippen molar-refractivity contribution in [3.63, 3.8) is 0 Å². The summed E-state index contributed by atoms with van der Waals surface area (Å²) in [6.45, 7) is 4.39. The van der Waals surface area contributed by atoms with Crippen LogP contribution in [0, 0.1) is 0 Å². The molecule has 0 aromatic heterocycles. The first-order chi connectivity index (χ1) is 11.2. The zero-order valence-corrected chi connectivity index (χ0v) is 12.9. The lowest BCUT2D eigenvalue weighted by Crippen LogP contribution is -2.30. The minimum atomic E-state index is -4.76. The number of ether oxygens (including phenoxy) is 1. The molecule has 0 heterocycles. The van der Waals surface area contributed by atoms with Crippen molar-refractivity contribution in [2.45, 2.75) is 13.3 Å². The maximum absolute atomic E-state index is 11.9. The van der Waals surface area contributed by atoms with Crippen molar-refractivity contribution >= 4 is 11.7 Å². The first kappa shape index (κ1) is 19.2. The molecule has 0 spiro atoms. The van der Waals surface area contributed by atoms with E-state index in [0.717, 1.165) is 13.0 Å². The van der Waals surface area contributed by atoms with Crippen LogP contribution in [0.4, 0.5) is 13.2 Å². The molecular formula is C17H16F3NO3. The molecule has 0 aliphatic rings. The van der Waals surface area contributed by atoms with Crippen molar-refractivity contribution in [3.8, 4) is 0 Å². The number of allylic oxidation sites excluding steroid dienone is 3. The molecular weight excluding hydrogens is 323 g/mol. The van der Waals surface area contributed by atoms with Gasteiger partial charge in [-0.25, -0.2) is 0 Å². The smallest absolute Gasteiger partial charge is 0.411 e. The fourth-order valence-corrected chi connectivity index (χ4v) is 1.59. The first-order valence-corrected chi connectivity index (χ1v) is 6.85. The lowest BCUT2D eigenvalue weighted by Gasteiger charge is -2.07. The van der Waals surface area contributed by atoms with Gasteiger partial charge in [-0.05, 0) is 19.1 Å². The minimum Gasteiger partial charge on any atom is -0.411 e. The van der Waals surface area contributed by atoms with Crippen LogP contribution >= 0.6 is 0 Å². The Labute approximate surface area is 137 Å². The number of carbonyl (C=O) groups excluding carboxylic acids is 2. The Kier molecular flexibility index (Phi) is 6.98. The van der Waals surface area contributed by atoms with Crippen LogP contribution in [0.2, 0.25) is 0 Å².